The average molecular weight is 405 g/mol. The third-order valence-electron chi connectivity index (χ3n) is 4.77. The molecule has 0 spiro atoms. The van der Waals surface area contributed by atoms with Crippen LogP contribution in [0, 0.1) is 0 Å². The van der Waals surface area contributed by atoms with Gasteiger partial charge >= 0.3 is 6.03 Å². The molecule has 9 heteroatoms. The van der Waals surface area contributed by atoms with Crippen LogP contribution in [0.2, 0.25) is 0 Å². The van der Waals surface area contributed by atoms with Gasteiger partial charge < -0.3 is 15.6 Å². The van der Waals surface area contributed by atoms with Gasteiger partial charge in [-0.1, -0.05) is 26.8 Å². The Morgan fingerprint density at radius 2 is 2.00 bits per heavy atom. The zero-order valence-corrected chi connectivity index (χ0v) is 17.2. The molecule has 1 aliphatic rings. The minimum Gasteiger partial charge on any atom is -0.345 e. The van der Waals surface area contributed by atoms with Crippen molar-refractivity contribution in [2.75, 3.05) is 16.0 Å². The van der Waals surface area contributed by atoms with E-state index in [2.05, 4.69) is 51.8 Å². The monoisotopic (exact) mass is 405 g/mol. The van der Waals surface area contributed by atoms with E-state index in [1.165, 1.54) is 0 Å². The Labute approximate surface area is 173 Å². The summed E-state index contributed by atoms with van der Waals surface area (Å²) in [5.41, 5.74) is 4.01. The first kappa shape index (κ1) is 19.4. The Balaban J connectivity index is 1.49. The molecule has 1 aliphatic heterocycles. The summed E-state index contributed by atoms with van der Waals surface area (Å²) in [5.74, 6) is 0.391. The summed E-state index contributed by atoms with van der Waals surface area (Å²) in [6, 6.07) is 6.74. The molecule has 4 rings (SSSR count). The molecule has 0 saturated heterocycles. The lowest BCUT2D eigenvalue weighted by Gasteiger charge is -2.13. The van der Waals surface area contributed by atoms with Crippen LogP contribution >= 0.6 is 0 Å². The lowest BCUT2D eigenvalue weighted by Crippen LogP contribution is -2.21. The Kier molecular flexibility index (Phi) is 4.65. The summed E-state index contributed by atoms with van der Waals surface area (Å²) in [5, 5.41) is 12.9. The molecule has 1 aromatic carbocycles. The molecule has 0 bridgehead atoms. The summed E-state index contributed by atoms with van der Waals surface area (Å²) < 4.78 is 1.63. The highest BCUT2D eigenvalue weighted by Gasteiger charge is 2.25. The number of hydrogen-bond acceptors (Lipinski definition) is 4. The average Bonchev–Trinajstić information content (AvgIpc) is 3.36. The fraction of sp³-hybridized carbons (Fsp3) is 0.238. The number of imidazole rings is 1. The van der Waals surface area contributed by atoms with Gasteiger partial charge in [-0.25, -0.2) is 9.78 Å². The largest absolute Gasteiger partial charge is 0.345 e. The number of amides is 3. The maximum atomic E-state index is 12.5. The smallest absolute Gasteiger partial charge is 0.324 e. The van der Waals surface area contributed by atoms with Crippen molar-refractivity contribution in [1.29, 1.82) is 0 Å². The number of carbonyl (C=O) groups is 2. The summed E-state index contributed by atoms with van der Waals surface area (Å²) in [4.78, 5) is 31.7. The molecule has 0 unspecified atom stereocenters. The third-order valence-corrected chi connectivity index (χ3v) is 4.77. The molecule has 3 heterocycles. The van der Waals surface area contributed by atoms with Crippen LogP contribution in [0.4, 0.5) is 22.0 Å². The Morgan fingerprint density at radius 3 is 2.67 bits per heavy atom. The number of urea groups is 1. The van der Waals surface area contributed by atoms with Crippen molar-refractivity contribution >= 4 is 40.8 Å². The van der Waals surface area contributed by atoms with E-state index in [0.717, 1.165) is 17.0 Å². The van der Waals surface area contributed by atoms with Crippen molar-refractivity contribution in [3.63, 3.8) is 0 Å². The summed E-state index contributed by atoms with van der Waals surface area (Å²) >= 11 is 0. The lowest BCUT2D eigenvalue weighted by molar-refractivity contribution is -0.110. The molecule has 4 N–H and O–H groups in total. The number of anilines is 3. The number of hydrogen-bond donors (Lipinski definition) is 4. The van der Waals surface area contributed by atoms with Crippen LogP contribution in [-0.4, -0.2) is 31.7 Å². The number of benzene rings is 1. The molecule has 0 fully saturated rings. The second kappa shape index (κ2) is 7.18. The van der Waals surface area contributed by atoms with Crippen molar-refractivity contribution < 1.29 is 9.59 Å². The van der Waals surface area contributed by atoms with E-state index in [9.17, 15) is 9.59 Å². The number of nitrogens with zero attached hydrogens (tertiary/aromatic N) is 3. The van der Waals surface area contributed by atoms with Gasteiger partial charge in [0.2, 0.25) is 0 Å². The molecule has 0 radical (unpaired) electrons. The van der Waals surface area contributed by atoms with Gasteiger partial charge in [-0.15, -0.1) is 0 Å². The maximum Gasteiger partial charge on any atom is 0.324 e. The molecular weight excluding hydrogens is 382 g/mol. The van der Waals surface area contributed by atoms with Gasteiger partial charge in [0.1, 0.15) is 5.82 Å². The first-order valence-electron chi connectivity index (χ1n) is 9.49. The van der Waals surface area contributed by atoms with E-state index in [0.29, 0.717) is 22.8 Å². The second-order valence-electron chi connectivity index (χ2n) is 8.15. The Bertz CT molecular complexity index is 1150. The normalized spacial score (nSPS) is 14.5. The topological polar surface area (TPSA) is 117 Å². The van der Waals surface area contributed by atoms with Crippen LogP contribution in [-0.2, 0) is 17.3 Å². The van der Waals surface area contributed by atoms with Crippen molar-refractivity contribution in [3.05, 3.63) is 53.7 Å². The van der Waals surface area contributed by atoms with Crippen molar-refractivity contribution in [2.45, 2.75) is 26.2 Å². The molecule has 0 aliphatic carbocycles. The highest BCUT2D eigenvalue weighted by molar-refractivity contribution is 6.35. The van der Waals surface area contributed by atoms with E-state index in [-0.39, 0.29) is 11.3 Å². The minimum absolute atomic E-state index is 0.117. The molecule has 9 nitrogen and oxygen atoms in total. The van der Waals surface area contributed by atoms with Crippen LogP contribution < -0.4 is 16.0 Å². The fourth-order valence-corrected chi connectivity index (χ4v) is 3.15. The number of aryl methyl sites for hydroxylation is 1. The predicted octanol–water partition coefficient (Wildman–Crippen LogP) is 3.58. The number of aromatic amines is 1. The maximum absolute atomic E-state index is 12.5. The predicted molar refractivity (Wildman–Crippen MR) is 116 cm³/mol. The van der Waals surface area contributed by atoms with E-state index in [1.54, 1.807) is 48.5 Å². The van der Waals surface area contributed by atoms with Gasteiger partial charge in [-0.05, 0) is 18.2 Å². The third kappa shape index (κ3) is 3.82. The van der Waals surface area contributed by atoms with Crippen molar-refractivity contribution in [3.8, 4) is 0 Å². The van der Waals surface area contributed by atoms with E-state index >= 15 is 0 Å². The van der Waals surface area contributed by atoms with Crippen LogP contribution in [0.25, 0.3) is 11.6 Å². The number of carbonyl (C=O) groups excluding carboxylic acids is 2. The van der Waals surface area contributed by atoms with E-state index in [1.807, 2.05) is 6.07 Å². The standard InChI is InChI=1S/C21H23N7O2/c1-21(2,3)17-9-18(28(4)27-17)26-20(30)24-12-5-6-14-15(7-13-10-22-11-23-13)19(29)25-16(14)8-12/h5-11H,1-4H3,(H,22,23)(H,25,29)(H2,24,26,30). The molecule has 154 valence electrons. The van der Waals surface area contributed by atoms with E-state index < -0.39 is 6.03 Å². The zero-order chi connectivity index (χ0) is 21.5. The number of nitrogens with one attached hydrogen (secondary N) is 4. The molecule has 3 amide bonds. The Hall–Kier alpha value is -3.88. The molecule has 2 aromatic heterocycles. The first-order valence-corrected chi connectivity index (χ1v) is 9.49. The quantitative estimate of drug-likeness (QED) is 0.498. The number of aromatic nitrogens is 4. The van der Waals surface area contributed by atoms with Gasteiger partial charge in [-0.2, -0.15) is 5.10 Å². The van der Waals surface area contributed by atoms with Crippen LogP contribution in [0.5, 0.6) is 0 Å². The second-order valence-corrected chi connectivity index (χ2v) is 8.15. The van der Waals surface area contributed by atoms with Crippen LogP contribution in [0.1, 0.15) is 37.7 Å². The highest BCUT2D eigenvalue weighted by Crippen LogP contribution is 2.35. The van der Waals surface area contributed by atoms with Gasteiger partial charge in [0.15, 0.2) is 0 Å². The van der Waals surface area contributed by atoms with Crippen molar-refractivity contribution in [1.82, 2.24) is 19.7 Å². The Morgan fingerprint density at radius 1 is 1.20 bits per heavy atom. The first-order chi connectivity index (χ1) is 14.2. The van der Waals surface area contributed by atoms with Crippen LogP contribution in [0.3, 0.4) is 0 Å². The van der Waals surface area contributed by atoms with Gasteiger partial charge in [0, 0.05) is 29.8 Å². The van der Waals surface area contributed by atoms with Gasteiger partial charge in [0.05, 0.1) is 35.2 Å². The number of rotatable bonds is 3. The van der Waals surface area contributed by atoms with Gasteiger partial charge in [-0.3, -0.25) is 14.8 Å². The molecular formula is C21H23N7O2. The van der Waals surface area contributed by atoms with Crippen LogP contribution in [0.15, 0.2) is 36.8 Å². The fourth-order valence-electron chi connectivity index (χ4n) is 3.15. The highest BCUT2D eigenvalue weighted by atomic mass is 16.2. The van der Waals surface area contributed by atoms with E-state index in [4.69, 9.17) is 0 Å². The SMILES string of the molecule is Cn1nc(C(C)(C)C)cc1NC(=O)Nc1ccc2c(c1)NC(=O)C2=Cc1cnc[nH]1. The number of fused-ring (bicyclic) bond motifs is 1. The summed E-state index contributed by atoms with van der Waals surface area (Å²) in [6.45, 7) is 6.19. The lowest BCUT2D eigenvalue weighted by atomic mass is 9.92. The molecule has 30 heavy (non-hydrogen) atoms. The van der Waals surface area contributed by atoms with Gasteiger partial charge in [0.25, 0.3) is 5.91 Å². The van der Waals surface area contributed by atoms with Crippen molar-refractivity contribution in [2.24, 2.45) is 7.05 Å². The number of H-pyrrole nitrogens is 1. The summed E-state index contributed by atoms with van der Waals surface area (Å²) in [7, 11) is 1.78. The minimum atomic E-state index is -0.393. The molecule has 0 atom stereocenters. The molecule has 0 saturated carbocycles. The summed E-state index contributed by atoms with van der Waals surface area (Å²) in [6.07, 6.45) is 4.93. The zero-order valence-electron chi connectivity index (χ0n) is 17.2. The molecule has 3 aromatic rings.